The molecule has 1 amide bonds. The molecule has 4 aromatic carbocycles. The SMILES string of the molecule is O=C(Cc1ccccc1CCCNC(=O)c1cccc(OCCCCCCNC[C@H](O)c2ccc(O)c3[nH]c(=O)ccc23)c1)OCC1CCN(Cc2cccc(O)c2)CC1. The Kier molecular flexibility index (Phi) is 16.5. The predicted octanol–water partition coefficient (Wildman–Crippen LogP) is 6.56. The van der Waals surface area contributed by atoms with Crippen LogP contribution in [0.3, 0.4) is 0 Å². The van der Waals surface area contributed by atoms with Gasteiger partial charge in [0.2, 0.25) is 5.56 Å². The monoisotopic (exact) mass is 818 g/mol. The number of unbranched alkanes of at least 4 members (excludes halogenated alkanes) is 3. The number of ether oxygens (including phenoxy) is 2. The fourth-order valence-electron chi connectivity index (χ4n) is 7.72. The summed E-state index contributed by atoms with van der Waals surface area (Å²) in [6.07, 6.45) is 6.62. The van der Waals surface area contributed by atoms with Crippen LogP contribution in [0.5, 0.6) is 17.2 Å². The number of aliphatic hydroxyl groups is 1. The van der Waals surface area contributed by atoms with E-state index < -0.39 is 6.10 Å². The molecule has 0 bridgehead atoms. The van der Waals surface area contributed by atoms with Gasteiger partial charge in [-0.25, -0.2) is 0 Å². The summed E-state index contributed by atoms with van der Waals surface area (Å²) in [5, 5.41) is 37.5. The molecule has 6 rings (SSSR count). The van der Waals surface area contributed by atoms with Crippen molar-refractivity contribution < 1.29 is 34.4 Å². The number of pyridine rings is 1. The van der Waals surface area contributed by atoms with Gasteiger partial charge in [-0.1, -0.05) is 61.4 Å². The number of aryl methyl sites for hydroxylation is 1. The Morgan fingerprint density at radius 2 is 1.63 bits per heavy atom. The summed E-state index contributed by atoms with van der Waals surface area (Å²) < 4.78 is 11.7. The Balaban J connectivity index is 0.813. The number of piperidine rings is 1. The third-order valence-corrected chi connectivity index (χ3v) is 11.1. The lowest BCUT2D eigenvalue weighted by Gasteiger charge is -2.31. The molecule has 5 aromatic rings. The molecule has 1 aliphatic heterocycles. The number of nitrogens with zero attached hydrogens (tertiary/aromatic N) is 1. The topological polar surface area (TPSA) is 173 Å². The fraction of sp³-hybridized carbons (Fsp3) is 0.396. The maximum Gasteiger partial charge on any atom is 0.310 e. The van der Waals surface area contributed by atoms with E-state index in [0.717, 1.165) is 94.2 Å². The van der Waals surface area contributed by atoms with E-state index >= 15 is 0 Å². The second-order valence-electron chi connectivity index (χ2n) is 15.7. The highest BCUT2D eigenvalue weighted by Crippen LogP contribution is 2.28. The second kappa shape index (κ2) is 22.6. The molecule has 1 aliphatic rings. The van der Waals surface area contributed by atoms with E-state index in [4.69, 9.17) is 9.47 Å². The molecule has 0 saturated carbocycles. The van der Waals surface area contributed by atoms with Gasteiger partial charge in [0.15, 0.2) is 0 Å². The van der Waals surface area contributed by atoms with E-state index in [1.807, 2.05) is 48.5 Å². The number of aromatic amines is 1. The number of carbonyl (C=O) groups is 2. The van der Waals surface area contributed by atoms with Crippen LogP contribution in [0.1, 0.15) is 83.7 Å². The molecule has 2 heterocycles. The van der Waals surface area contributed by atoms with E-state index in [1.165, 1.54) is 12.1 Å². The highest BCUT2D eigenvalue weighted by Gasteiger charge is 2.21. The standard InChI is InChI=1S/C48H58N4O8/c53-39-15-7-10-35(28-39)32-52-25-21-34(22-26-52)33-60-46(57)30-37-12-4-3-11-36(37)14-9-24-50-48(58)38-13-8-16-40(29-38)59-27-6-2-1-5-23-49-31-44(55)41-17-19-43(54)47-42(41)18-20-45(56)51-47/h3-4,7-8,10-13,15-20,28-29,34,44,49,53-55H,1-2,5-6,9,14,21-27,30-33H2,(H,50,58)(H,51,56)/t44-/m0/s1. The van der Waals surface area contributed by atoms with Crippen LogP contribution >= 0.6 is 0 Å². The Labute approximate surface area is 351 Å². The lowest BCUT2D eigenvalue weighted by atomic mass is 9.97. The first-order valence-corrected chi connectivity index (χ1v) is 21.2. The number of nitrogens with one attached hydrogen (secondary N) is 3. The summed E-state index contributed by atoms with van der Waals surface area (Å²) in [4.78, 5) is 42.5. The third kappa shape index (κ3) is 13.4. The predicted molar refractivity (Wildman–Crippen MR) is 232 cm³/mol. The van der Waals surface area contributed by atoms with Gasteiger partial charge in [0.05, 0.1) is 31.3 Å². The van der Waals surface area contributed by atoms with Crippen molar-refractivity contribution >= 4 is 22.8 Å². The van der Waals surface area contributed by atoms with Crippen molar-refractivity contribution in [1.29, 1.82) is 0 Å². The van der Waals surface area contributed by atoms with Crippen molar-refractivity contribution in [1.82, 2.24) is 20.5 Å². The Hall–Kier alpha value is -5.69. The molecule has 60 heavy (non-hydrogen) atoms. The van der Waals surface area contributed by atoms with Gasteiger partial charge < -0.3 is 40.4 Å². The molecule has 0 spiro atoms. The minimum absolute atomic E-state index is 0.0315. The largest absolute Gasteiger partial charge is 0.508 e. The second-order valence-corrected chi connectivity index (χ2v) is 15.7. The minimum Gasteiger partial charge on any atom is -0.508 e. The van der Waals surface area contributed by atoms with Crippen LogP contribution in [0, 0.1) is 5.92 Å². The lowest BCUT2D eigenvalue weighted by Crippen LogP contribution is -2.35. The third-order valence-electron chi connectivity index (χ3n) is 11.1. The summed E-state index contributed by atoms with van der Waals surface area (Å²) in [7, 11) is 0. The van der Waals surface area contributed by atoms with Gasteiger partial charge in [-0.2, -0.15) is 0 Å². The first-order chi connectivity index (χ1) is 29.2. The molecule has 0 aliphatic carbocycles. The van der Waals surface area contributed by atoms with Crippen molar-refractivity contribution in [2.75, 3.05) is 45.9 Å². The Morgan fingerprint density at radius 1 is 0.833 bits per heavy atom. The maximum atomic E-state index is 13.0. The smallest absolute Gasteiger partial charge is 0.310 e. The van der Waals surface area contributed by atoms with Gasteiger partial charge in [-0.05, 0) is 129 Å². The number of rotatable bonds is 22. The highest BCUT2D eigenvalue weighted by atomic mass is 16.5. The quantitative estimate of drug-likeness (QED) is 0.0332. The van der Waals surface area contributed by atoms with Crippen molar-refractivity contribution in [3.05, 3.63) is 135 Å². The first-order valence-electron chi connectivity index (χ1n) is 21.2. The number of aliphatic hydroxyl groups excluding tert-OH is 1. The summed E-state index contributed by atoms with van der Waals surface area (Å²) in [6.45, 7) is 5.24. The average Bonchev–Trinajstić information content (AvgIpc) is 3.25. The summed E-state index contributed by atoms with van der Waals surface area (Å²) in [5.41, 5.74) is 4.32. The molecule has 1 saturated heterocycles. The number of fused-ring (bicyclic) bond motifs is 1. The van der Waals surface area contributed by atoms with Crippen LogP contribution in [0.2, 0.25) is 0 Å². The van der Waals surface area contributed by atoms with Crippen molar-refractivity contribution in [3.63, 3.8) is 0 Å². The van der Waals surface area contributed by atoms with Crippen LogP contribution < -0.4 is 20.9 Å². The number of likely N-dealkylation sites (tertiary alicyclic amines) is 1. The molecular weight excluding hydrogens is 761 g/mol. The average molecular weight is 819 g/mol. The summed E-state index contributed by atoms with van der Waals surface area (Å²) >= 11 is 0. The lowest BCUT2D eigenvalue weighted by molar-refractivity contribution is -0.144. The summed E-state index contributed by atoms with van der Waals surface area (Å²) in [6, 6.07) is 28.7. The number of H-pyrrole nitrogens is 1. The number of phenols is 2. The zero-order valence-electron chi connectivity index (χ0n) is 34.2. The number of esters is 1. The molecule has 1 fully saturated rings. The van der Waals surface area contributed by atoms with Crippen LogP contribution in [0.15, 0.2) is 102 Å². The van der Waals surface area contributed by atoms with Crippen LogP contribution in [0.25, 0.3) is 10.9 Å². The first kappa shape index (κ1) is 43.9. The van der Waals surface area contributed by atoms with Crippen LogP contribution in [-0.2, 0) is 28.9 Å². The number of amides is 1. The fourth-order valence-corrected chi connectivity index (χ4v) is 7.72. The molecule has 0 unspecified atom stereocenters. The van der Waals surface area contributed by atoms with Gasteiger partial charge in [-0.15, -0.1) is 0 Å². The number of carbonyl (C=O) groups excluding carboxylic acids is 2. The zero-order valence-corrected chi connectivity index (χ0v) is 34.2. The normalized spacial score (nSPS) is 13.9. The molecule has 6 N–H and O–H groups in total. The Morgan fingerprint density at radius 3 is 2.47 bits per heavy atom. The molecule has 0 radical (unpaired) electrons. The van der Waals surface area contributed by atoms with Gasteiger partial charge in [0.25, 0.3) is 5.91 Å². The van der Waals surface area contributed by atoms with Crippen molar-refractivity contribution in [2.24, 2.45) is 5.92 Å². The van der Waals surface area contributed by atoms with Crippen molar-refractivity contribution in [3.8, 4) is 17.2 Å². The van der Waals surface area contributed by atoms with Gasteiger partial charge in [0.1, 0.15) is 17.2 Å². The Bertz CT molecular complexity index is 2220. The van der Waals surface area contributed by atoms with Gasteiger partial charge in [0, 0.05) is 36.7 Å². The van der Waals surface area contributed by atoms with Crippen LogP contribution in [-0.4, -0.2) is 83.0 Å². The molecule has 12 heteroatoms. The summed E-state index contributed by atoms with van der Waals surface area (Å²) in [5.74, 6) is 0.877. The number of aromatic nitrogens is 1. The molecule has 318 valence electrons. The molecule has 1 aromatic heterocycles. The van der Waals surface area contributed by atoms with Gasteiger partial charge >= 0.3 is 5.97 Å². The van der Waals surface area contributed by atoms with E-state index in [2.05, 4.69) is 20.5 Å². The minimum atomic E-state index is -0.785. The maximum absolute atomic E-state index is 13.0. The molecule has 12 nitrogen and oxygen atoms in total. The zero-order chi connectivity index (χ0) is 42.1. The van der Waals surface area contributed by atoms with E-state index in [9.17, 15) is 29.7 Å². The number of hydrogen-bond donors (Lipinski definition) is 6. The van der Waals surface area contributed by atoms with Gasteiger partial charge in [-0.3, -0.25) is 19.3 Å². The number of hydrogen-bond acceptors (Lipinski definition) is 10. The van der Waals surface area contributed by atoms with Crippen molar-refractivity contribution in [2.45, 2.75) is 70.4 Å². The van der Waals surface area contributed by atoms with Crippen LogP contribution in [0.4, 0.5) is 0 Å². The molecule has 1 atom stereocenters. The number of phenolic OH excluding ortho intramolecular Hbond substituents is 2. The number of benzene rings is 4. The number of aromatic hydroxyl groups is 2. The van der Waals surface area contributed by atoms with E-state index in [-0.39, 0.29) is 35.4 Å². The molecular formula is C48H58N4O8. The van der Waals surface area contributed by atoms with E-state index in [0.29, 0.717) is 60.0 Å². The van der Waals surface area contributed by atoms with E-state index in [1.54, 1.807) is 36.4 Å². The highest BCUT2D eigenvalue weighted by molar-refractivity contribution is 5.94.